The molecule has 0 saturated heterocycles. The number of aromatic nitrogens is 2. The van der Waals surface area contributed by atoms with Gasteiger partial charge in [0.1, 0.15) is 12.1 Å². The fraction of sp³-hybridized carbons (Fsp3) is 0.667. The summed E-state index contributed by atoms with van der Waals surface area (Å²) in [6.07, 6.45) is 1.52. The van der Waals surface area contributed by atoms with Crippen molar-refractivity contribution in [1.82, 2.24) is 9.97 Å². The van der Waals surface area contributed by atoms with Crippen molar-refractivity contribution in [3.8, 4) is 5.88 Å². The van der Waals surface area contributed by atoms with Crippen LogP contribution in [0.25, 0.3) is 0 Å². The molecule has 0 spiro atoms. The maximum Gasteiger partial charge on any atom is 0.221 e. The molecule has 0 aliphatic heterocycles. The predicted octanol–water partition coefficient (Wildman–Crippen LogP) is 2.50. The van der Waals surface area contributed by atoms with Gasteiger partial charge in [-0.3, -0.25) is 0 Å². The van der Waals surface area contributed by atoms with Crippen LogP contribution in [0.2, 0.25) is 0 Å². The summed E-state index contributed by atoms with van der Waals surface area (Å²) in [6, 6.07) is 0. The Labute approximate surface area is 97.5 Å². The highest BCUT2D eigenvalue weighted by Crippen LogP contribution is 2.20. The monoisotopic (exact) mass is 223 g/mol. The van der Waals surface area contributed by atoms with Crippen LogP contribution in [-0.4, -0.2) is 23.6 Å². The number of rotatable bonds is 5. The van der Waals surface area contributed by atoms with Crippen LogP contribution < -0.4 is 10.1 Å². The summed E-state index contributed by atoms with van der Waals surface area (Å²) in [7, 11) is 1.62. The summed E-state index contributed by atoms with van der Waals surface area (Å²) >= 11 is 0. The molecule has 1 N–H and O–H groups in total. The number of ether oxygens (including phenoxy) is 1. The molecule has 16 heavy (non-hydrogen) atoms. The molecule has 0 fully saturated rings. The fourth-order valence-electron chi connectivity index (χ4n) is 1.31. The minimum absolute atomic E-state index is 0.611. The Kier molecular flexibility index (Phi) is 4.52. The van der Waals surface area contributed by atoms with E-state index >= 15 is 0 Å². The van der Waals surface area contributed by atoms with Crippen LogP contribution >= 0.6 is 0 Å². The molecule has 4 heteroatoms. The number of anilines is 1. The van der Waals surface area contributed by atoms with Crippen molar-refractivity contribution < 1.29 is 4.74 Å². The van der Waals surface area contributed by atoms with Gasteiger partial charge in [-0.1, -0.05) is 20.8 Å². The molecule has 0 aliphatic carbocycles. The third-order valence-electron chi connectivity index (χ3n) is 2.96. The van der Waals surface area contributed by atoms with Crippen molar-refractivity contribution in [1.29, 1.82) is 0 Å². The number of nitrogens with one attached hydrogen (secondary N) is 1. The number of hydrogen-bond acceptors (Lipinski definition) is 4. The van der Waals surface area contributed by atoms with E-state index in [1.165, 1.54) is 6.33 Å². The van der Waals surface area contributed by atoms with E-state index in [4.69, 9.17) is 4.74 Å². The lowest BCUT2D eigenvalue weighted by atomic mass is 9.98. The summed E-state index contributed by atoms with van der Waals surface area (Å²) in [5.74, 6) is 2.77. The molecule has 1 rings (SSSR count). The van der Waals surface area contributed by atoms with Gasteiger partial charge in [-0.05, 0) is 18.8 Å². The second kappa shape index (κ2) is 5.68. The highest BCUT2D eigenvalue weighted by Gasteiger charge is 2.10. The average molecular weight is 223 g/mol. The second-order valence-corrected chi connectivity index (χ2v) is 4.46. The molecule has 0 bridgehead atoms. The van der Waals surface area contributed by atoms with E-state index < -0.39 is 0 Å². The van der Waals surface area contributed by atoms with Gasteiger partial charge in [0.2, 0.25) is 5.88 Å². The molecule has 0 saturated carbocycles. The van der Waals surface area contributed by atoms with Crippen molar-refractivity contribution in [2.75, 3.05) is 19.0 Å². The van der Waals surface area contributed by atoms with Crippen molar-refractivity contribution >= 4 is 5.82 Å². The summed E-state index contributed by atoms with van der Waals surface area (Å²) in [5.41, 5.74) is 0.959. The summed E-state index contributed by atoms with van der Waals surface area (Å²) in [5, 5.41) is 3.34. The third-order valence-corrected chi connectivity index (χ3v) is 2.96. The minimum atomic E-state index is 0.611. The van der Waals surface area contributed by atoms with E-state index in [2.05, 4.69) is 36.1 Å². The molecule has 0 aromatic carbocycles. The molecule has 0 radical (unpaired) electrons. The zero-order valence-corrected chi connectivity index (χ0v) is 10.7. The van der Waals surface area contributed by atoms with E-state index in [0.29, 0.717) is 17.7 Å². The predicted molar refractivity (Wildman–Crippen MR) is 65.8 cm³/mol. The second-order valence-electron chi connectivity index (χ2n) is 4.46. The van der Waals surface area contributed by atoms with Crippen LogP contribution in [0.5, 0.6) is 5.88 Å². The van der Waals surface area contributed by atoms with Gasteiger partial charge in [0, 0.05) is 6.54 Å². The van der Waals surface area contributed by atoms with Crippen LogP contribution in [-0.2, 0) is 0 Å². The number of methoxy groups -OCH3 is 1. The maximum absolute atomic E-state index is 5.15. The van der Waals surface area contributed by atoms with E-state index in [1.54, 1.807) is 7.11 Å². The minimum Gasteiger partial charge on any atom is -0.481 e. The Balaban J connectivity index is 2.67. The largest absolute Gasteiger partial charge is 0.481 e. The maximum atomic E-state index is 5.15. The Morgan fingerprint density at radius 3 is 2.56 bits per heavy atom. The average Bonchev–Trinajstić information content (AvgIpc) is 2.27. The topological polar surface area (TPSA) is 47.0 Å². The van der Waals surface area contributed by atoms with Gasteiger partial charge >= 0.3 is 0 Å². The smallest absolute Gasteiger partial charge is 0.221 e. The molecule has 1 unspecified atom stereocenters. The normalized spacial score (nSPS) is 12.6. The van der Waals surface area contributed by atoms with E-state index in [0.717, 1.165) is 17.9 Å². The quantitative estimate of drug-likeness (QED) is 0.833. The lowest BCUT2D eigenvalue weighted by molar-refractivity contribution is 0.393. The zero-order chi connectivity index (χ0) is 12.1. The molecular weight excluding hydrogens is 202 g/mol. The van der Waals surface area contributed by atoms with Crippen LogP contribution in [0.4, 0.5) is 5.82 Å². The lowest BCUT2D eigenvalue weighted by Gasteiger charge is -2.17. The SMILES string of the molecule is COc1ncnc(NCC(C)C(C)C)c1C. The summed E-state index contributed by atoms with van der Waals surface area (Å²) in [6.45, 7) is 9.55. The zero-order valence-electron chi connectivity index (χ0n) is 10.7. The Morgan fingerprint density at radius 2 is 2.00 bits per heavy atom. The lowest BCUT2D eigenvalue weighted by Crippen LogP contribution is -2.17. The molecule has 1 aromatic rings. The standard InChI is InChI=1S/C12H21N3O/c1-8(2)9(3)6-13-11-10(4)12(16-5)15-7-14-11/h7-9H,6H2,1-5H3,(H,13,14,15). The molecule has 1 heterocycles. The summed E-state index contributed by atoms with van der Waals surface area (Å²) in [4.78, 5) is 8.26. The van der Waals surface area contributed by atoms with Crippen LogP contribution in [0.3, 0.4) is 0 Å². The van der Waals surface area contributed by atoms with Gasteiger partial charge in [0.15, 0.2) is 0 Å². The molecular formula is C12H21N3O. The molecule has 0 amide bonds. The first-order valence-corrected chi connectivity index (χ1v) is 5.65. The first kappa shape index (κ1) is 12.7. The van der Waals surface area contributed by atoms with Gasteiger partial charge in [0.05, 0.1) is 12.7 Å². The molecule has 0 aliphatic rings. The van der Waals surface area contributed by atoms with Crippen molar-refractivity contribution in [2.45, 2.75) is 27.7 Å². The Hall–Kier alpha value is -1.32. The number of hydrogen-bond donors (Lipinski definition) is 1. The Bertz CT molecular complexity index is 339. The fourth-order valence-corrected chi connectivity index (χ4v) is 1.31. The van der Waals surface area contributed by atoms with Crippen LogP contribution in [0.15, 0.2) is 6.33 Å². The highest BCUT2D eigenvalue weighted by molar-refractivity contribution is 5.47. The van der Waals surface area contributed by atoms with Gasteiger partial charge in [0.25, 0.3) is 0 Å². The molecule has 4 nitrogen and oxygen atoms in total. The van der Waals surface area contributed by atoms with Gasteiger partial charge < -0.3 is 10.1 Å². The van der Waals surface area contributed by atoms with Crippen LogP contribution in [0, 0.1) is 18.8 Å². The van der Waals surface area contributed by atoms with Crippen LogP contribution in [0.1, 0.15) is 26.3 Å². The van der Waals surface area contributed by atoms with Gasteiger partial charge in [-0.2, -0.15) is 0 Å². The summed E-state index contributed by atoms with van der Waals surface area (Å²) < 4.78 is 5.15. The first-order valence-electron chi connectivity index (χ1n) is 5.65. The third kappa shape index (κ3) is 3.08. The van der Waals surface area contributed by atoms with E-state index in [9.17, 15) is 0 Å². The van der Waals surface area contributed by atoms with E-state index in [-0.39, 0.29) is 0 Å². The highest BCUT2D eigenvalue weighted by atomic mass is 16.5. The van der Waals surface area contributed by atoms with Crippen molar-refractivity contribution in [3.05, 3.63) is 11.9 Å². The van der Waals surface area contributed by atoms with Gasteiger partial charge in [-0.15, -0.1) is 0 Å². The molecule has 1 atom stereocenters. The van der Waals surface area contributed by atoms with E-state index in [1.807, 2.05) is 6.92 Å². The van der Waals surface area contributed by atoms with Crippen molar-refractivity contribution in [2.24, 2.45) is 11.8 Å². The Morgan fingerprint density at radius 1 is 1.31 bits per heavy atom. The van der Waals surface area contributed by atoms with Gasteiger partial charge in [-0.25, -0.2) is 9.97 Å². The van der Waals surface area contributed by atoms with Crippen molar-refractivity contribution in [3.63, 3.8) is 0 Å². The molecule has 90 valence electrons. The number of nitrogens with zero attached hydrogens (tertiary/aromatic N) is 2. The first-order chi connectivity index (χ1) is 7.56. The molecule has 1 aromatic heterocycles.